The van der Waals surface area contributed by atoms with E-state index in [1.54, 1.807) is 0 Å². The first-order valence-corrected chi connectivity index (χ1v) is 1.06. The molecule has 0 unspecified atom stereocenters. The van der Waals surface area contributed by atoms with E-state index in [0.29, 0.717) is 0 Å². The molecular formula is H2CoLi2Ni2O2. The topological polar surface area (TPSA) is 34.1 Å². The Hall–Kier alpha value is 2.29. The van der Waals surface area contributed by atoms with Crippen molar-refractivity contribution in [1.82, 2.24) is 0 Å². The Morgan fingerprint density at radius 1 is 0.857 bits per heavy atom. The van der Waals surface area contributed by atoms with Gasteiger partial charge < -0.3 is 2.85 Å². The molecule has 0 aliphatic carbocycles. The molecule has 2 nitrogen and oxygen atoms in total. The summed E-state index contributed by atoms with van der Waals surface area (Å²) in [6.45, 7) is 0. The van der Waals surface area contributed by atoms with Gasteiger partial charge in [0.15, 0.2) is 0 Å². The summed E-state index contributed by atoms with van der Waals surface area (Å²) in [4.78, 5) is 0. The summed E-state index contributed by atoms with van der Waals surface area (Å²) in [5, 5.41) is 0. The van der Waals surface area contributed by atoms with Gasteiger partial charge in [-0.15, -0.1) is 0 Å². The van der Waals surface area contributed by atoms with Crippen LogP contribution in [-0.2, 0) is 55.4 Å². The van der Waals surface area contributed by atoms with Gasteiger partial charge in [-0.05, 0) is 0 Å². The third-order valence-electron chi connectivity index (χ3n) is 0. The molecule has 0 fully saturated rings. The predicted molar refractivity (Wildman–Crippen MR) is 3.60 cm³/mol. The summed E-state index contributed by atoms with van der Waals surface area (Å²) in [7, 11) is 0. The van der Waals surface area contributed by atoms with E-state index in [9.17, 15) is 0 Å². The van der Waals surface area contributed by atoms with E-state index in [1.807, 2.05) is 0 Å². The molecule has 45 valence electrons. The molecular weight excluding hydrogens is 222 g/mol. The van der Waals surface area contributed by atoms with Gasteiger partial charge in [-0.1, -0.05) is 0 Å². The van der Waals surface area contributed by atoms with Crippen LogP contribution in [-0.4, -0.2) is 0 Å². The molecule has 0 saturated carbocycles. The van der Waals surface area contributed by atoms with Gasteiger partial charge in [-0.3, -0.25) is 0 Å². The van der Waals surface area contributed by atoms with Crippen molar-refractivity contribution in [2.45, 2.75) is 0 Å². The molecule has 0 rings (SSSR count). The molecule has 7 heavy (non-hydrogen) atoms. The zero-order valence-electron chi connectivity index (χ0n) is 5.78. The van der Waals surface area contributed by atoms with Gasteiger partial charge in [0.2, 0.25) is 0 Å². The van der Waals surface area contributed by atoms with Crippen molar-refractivity contribution in [3.8, 4) is 0 Å². The van der Waals surface area contributed by atoms with Crippen molar-refractivity contribution in [3.05, 3.63) is 0 Å². The zero-order chi connectivity index (χ0) is 4.00. The number of hydrogen-bond acceptors (Lipinski definition) is 2. The van der Waals surface area contributed by atoms with E-state index in [4.69, 9.17) is 7.79 Å². The van der Waals surface area contributed by atoms with Crippen LogP contribution in [0, 0.1) is 0 Å². The minimum absolute atomic E-state index is 0. The SMILES string of the molecule is [Co].[H-].[H-].[Li+].[Li+].[O]=[Ni].[O]=[Ni]. The summed E-state index contributed by atoms with van der Waals surface area (Å²) >= 11 is 5.25. The van der Waals surface area contributed by atoms with Gasteiger partial charge in [-0.2, -0.15) is 0 Å². The van der Waals surface area contributed by atoms with E-state index in [1.165, 1.54) is 0 Å². The molecule has 0 amide bonds. The van der Waals surface area contributed by atoms with Crippen LogP contribution in [0.2, 0.25) is 0 Å². The van der Waals surface area contributed by atoms with Crippen LogP contribution in [0.15, 0.2) is 0 Å². The number of hydrogen-bond donors (Lipinski definition) is 0. The fourth-order valence-electron chi connectivity index (χ4n) is 0. The Labute approximate surface area is 95.0 Å². The van der Waals surface area contributed by atoms with Crippen LogP contribution in [0.1, 0.15) is 2.85 Å². The van der Waals surface area contributed by atoms with Gasteiger partial charge in [-0.25, -0.2) is 0 Å². The Balaban J connectivity index is -0.00000000114. The van der Waals surface area contributed by atoms with Crippen LogP contribution in [0.25, 0.3) is 0 Å². The van der Waals surface area contributed by atoms with Crippen LogP contribution < -0.4 is 37.7 Å². The maximum atomic E-state index is 7.88. The van der Waals surface area contributed by atoms with Crippen molar-refractivity contribution < 1.29 is 95.9 Å². The van der Waals surface area contributed by atoms with Gasteiger partial charge in [0, 0.05) is 16.8 Å². The van der Waals surface area contributed by atoms with Crippen molar-refractivity contribution >= 4 is 0 Å². The Morgan fingerprint density at radius 3 is 0.857 bits per heavy atom. The summed E-state index contributed by atoms with van der Waals surface area (Å²) in [6, 6.07) is 0. The Kier molecular flexibility index (Phi) is 417. The molecule has 7 heteroatoms. The fraction of sp³-hybridized carbons (Fsp3) is 0. The van der Waals surface area contributed by atoms with Crippen LogP contribution >= 0.6 is 0 Å². The van der Waals surface area contributed by atoms with Crippen LogP contribution in [0.5, 0.6) is 0 Å². The average molecular weight is 224 g/mol. The average Bonchev–Trinajstić information content (AvgIpc) is 1.50. The molecule has 0 aliphatic rings. The van der Waals surface area contributed by atoms with E-state index in [-0.39, 0.29) is 57.4 Å². The second kappa shape index (κ2) is 84.1. The van der Waals surface area contributed by atoms with E-state index in [2.05, 4.69) is 30.8 Å². The molecule has 1 radical (unpaired) electrons. The van der Waals surface area contributed by atoms with Gasteiger partial charge in [0.1, 0.15) is 0 Å². The first-order valence-electron chi connectivity index (χ1n) is 0.258. The maximum absolute atomic E-state index is 7.88. The molecule has 0 aliphatic heterocycles. The van der Waals surface area contributed by atoms with Crippen molar-refractivity contribution in [3.63, 3.8) is 0 Å². The van der Waals surface area contributed by atoms with Crippen molar-refractivity contribution in [1.29, 1.82) is 0 Å². The third-order valence-corrected chi connectivity index (χ3v) is 0. The number of rotatable bonds is 0. The van der Waals surface area contributed by atoms with Crippen LogP contribution in [0.3, 0.4) is 0 Å². The van der Waals surface area contributed by atoms with E-state index < -0.39 is 0 Å². The monoisotopic (exact) mass is 223 g/mol. The Morgan fingerprint density at radius 2 is 0.857 bits per heavy atom. The summed E-state index contributed by atoms with van der Waals surface area (Å²) in [6.07, 6.45) is 0. The molecule has 0 N–H and O–H groups in total. The molecule has 0 atom stereocenters. The van der Waals surface area contributed by atoms with Crippen LogP contribution in [0.4, 0.5) is 0 Å². The van der Waals surface area contributed by atoms with Gasteiger partial charge in [0.25, 0.3) is 0 Å². The molecule has 0 aromatic carbocycles. The third kappa shape index (κ3) is 62.6. The zero-order valence-corrected chi connectivity index (χ0v) is 6.80. The second-order valence-electron chi connectivity index (χ2n) is 0. The van der Waals surface area contributed by atoms with Crippen molar-refractivity contribution in [2.24, 2.45) is 0 Å². The van der Waals surface area contributed by atoms with E-state index in [0.717, 1.165) is 0 Å². The summed E-state index contributed by atoms with van der Waals surface area (Å²) in [5.74, 6) is 0. The molecule has 0 aromatic heterocycles. The molecule has 0 bridgehead atoms. The first-order chi connectivity index (χ1) is 2.00. The van der Waals surface area contributed by atoms with Gasteiger partial charge in [0.05, 0.1) is 0 Å². The molecule has 0 saturated heterocycles. The normalized spacial score (nSPS) is 1.71. The molecule has 0 heterocycles. The minimum atomic E-state index is 0. The summed E-state index contributed by atoms with van der Waals surface area (Å²) < 4.78 is 15.8. The first kappa shape index (κ1) is 34.7. The van der Waals surface area contributed by atoms with Gasteiger partial charge >= 0.3 is 76.3 Å². The molecule has 0 aromatic rings. The quantitative estimate of drug-likeness (QED) is 0.384. The van der Waals surface area contributed by atoms with Crippen molar-refractivity contribution in [2.75, 3.05) is 0 Å². The fourth-order valence-corrected chi connectivity index (χ4v) is 0. The second-order valence-corrected chi connectivity index (χ2v) is 0. The standard InChI is InChI=1S/Co.2Li.2Ni.2O.2H/q;2*+1;;;;;2*-1. The Bertz CT molecular complexity index is 22.5. The van der Waals surface area contributed by atoms with E-state index >= 15 is 0 Å². The summed E-state index contributed by atoms with van der Waals surface area (Å²) in [5.41, 5.74) is 0. The molecule has 0 spiro atoms. The predicted octanol–water partition coefficient (Wildman–Crippen LogP) is -6.01.